The van der Waals surface area contributed by atoms with Gasteiger partial charge in [0.1, 0.15) is 0 Å². The minimum absolute atomic E-state index is 0.00352. The Hall–Kier alpha value is -3.24. The van der Waals surface area contributed by atoms with Crippen LogP contribution < -0.4 is 10.5 Å². The molecule has 0 aliphatic heterocycles. The number of carbonyl (C=O) groups excluding carboxylic acids is 2. The number of benzene rings is 3. The van der Waals surface area contributed by atoms with Gasteiger partial charge in [0.25, 0.3) is 5.91 Å². The first kappa shape index (κ1) is 25.4. The highest BCUT2D eigenvalue weighted by atomic mass is 35.5. The lowest BCUT2D eigenvalue weighted by Gasteiger charge is -2.22. The first-order chi connectivity index (χ1) is 16.2. The van der Waals surface area contributed by atoms with Crippen molar-refractivity contribution in [2.45, 2.75) is 11.4 Å². The fraction of sp³-hybridized carbons (Fsp3) is 0.0870. The number of aromatic carboxylic acids is 1. The highest BCUT2D eigenvalue weighted by Gasteiger charge is 2.27. The summed E-state index contributed by atoms with van der Waals surface area (Å²) in [6.45, 7) is -0.677. The van der Waals surface area contributed by atoms with Crippen molar-refractivity contribution in [1.29, 1.82) is 0 Å². The molecule has 3 aromatic carbocycles. The van der Waals surface area contributed by atoms with E-state index in [2.05, 4.69) is 10.5 Å². The molecule has 11 heteroatoms. The number of rotatable bonds is 9. The zero-order valence-corrected chi connectivity index (χ0v) is 19.8. The first-order valence-electron chi connectivity index (χ1n) is 9.79. The molecule has 34 heavy (non-hydrogen) atoms. The Labute approximate surface area is 206 Å². The molecule has 1 amide bonds. The number of sulfonamides is 1. The molecule has 0 aromatic heterocycles. The van der Waals surface area contributed by atoms with Gasteiger partial charge in [-0.1, -0.05) is 65.7 Å². The van der Waals surface area contributed by atoms with Crippen molar-refractivity contribution in [3.05, 3.63) is 99.5 Å². The number of halogens is 2. The van der Waals surface area contributed by atoms with Crippen LogP contribution in [0.5, 0.6) is 0 Å². The molecule has 0 aliphatic carbocycles. The minimum atomic E-state index is -4.08. The second kappa shape index (κ2) is 11.3. The highest BCUT2D eigenvalue weighted by Crippen LogP contribution is 2.23. The number of amides is 1. The molecule has 0 bridgehead atoms. The van der Waals surface area contributed by atoms with E-state index in [-0.39, 0.29) is 17.0 Å². The van der Waals surface area contributed by atoms with Gasteiger partial charge in [-0.15, -0.1) is 0 Å². The lowest BCUT2D eigenvalue weighted by molar-refractivity contribution is -0.255. The number of carboxylic acid groups (broad SMARTS) is 1. The van der Waals surface area contributed by atoms with Gasteiger partial charge in [-0.3, -0.25) is 4.79 Å². The maximum Gasteiger partial charge on any atom is 0.255 e. The monoisotopic (exact) mass is 518 g/mol. The molecule has 0 radical (unpaired) electrons. The third kappa shape index (κ3) is 6.64. The molecule has 8 nitrogen and oxygen atoms in total. The average Bonchev–Trinajstić information content (AvgIpc) is 2.80. The van der Waals surface area contributed by atoms with Crippen LogP contribution in [0.25, 0.3) is 0 Å². The zero-order valence-electron chi connectivity index (χ0n) is 17.5. The van der Waals surface area contributed by atoms with Gasteiger partial charge in [0.15, 0.2) is 0 Å². The molecule has 1 N–H and O–H groups in total. The number of nitrogens with one attached hydrogen (secondary N) is 1. The van der Waals surface area contributed by atoms with Crippen LogP contribution in [0.2, 0.25) is 10.0 Å². The summed E-state index contributed by atoms with van der Waals surface area (Å²) in [5.74, 6) is -2.00. The number of carboxylic acids is 1. The number of hydrazone groups is 1. The zero-order chi connectivity index (χ0) is 24.7. The molecular weight excluding hydrogens is 501 g/mol. The van der Waals surface area contributed by atoms with Gasteiger partial charge in [-0.25, -0.2) is 13.8 Å². The van der Waals surface area contributed by atoms with Crippen LogP contribution in [0.3, 0.4) is 0 Å². The Morgan fingerprint density at radius 1 is 0.971 bits per heavy atom. The second-order valence-corrected chi connectivity index (χ2v) is 9.80. The van der Waals surface area contributed by atoms with Crippen LogP contribution in [0.15, 0.2) is 82.8 Å². The number of hydrogen-bond acceptors (Lipinski definition) is 6. The van der Waals surface area contributed by atoms with Crippen LogP contribution in [-0.4, -0.2) is 37.4 Å². The Kier molecular flexibility index (Phi) is 8.41. The summed E-state index contributed by atoms with van der Waals surface area (Å²) in [5, 5.41) is 15.3. The fourth-order valence-electron chi connectivity index (χ4n) is 2.88. The van der Waals surface area contributed by atoms with Crippen molar-refractivity contribution < 1.29 is 23.1 Å². The van der Waals surface area contributed by atoms with Crippen molar-refractivity contribution in [3.8, 4) is 0 Å². The molecule has 0 aliphatic rings. The van der Waals surface area contributed by atoms with Crippen molar-refractivity contribution in [3.63, 3.8) is 0 Å². The highest BCUT2D eigenvalue weighted by molar-refractivity contribution is 7.89. The van der Waals surface area contributed by atoms with E-state index in [9.17, 15) is 23.1 Å². The van der Waals surface area contributed by atoms with Gasteiger partial charge in [0, 0.05) is 16.6 Å². The molecule has 0 atom stereocenters. The van der Waals surface area contributed by atoms with E-state index in [1.165, 1.54) is 54.7 Å². The Morgan fingerprint density at radius 2 is 1.62 bits per heavy atom. The van der Waals surface area contributed by atoms with Crippen LogP contribution in [0.4, 0.5) is 0 Å². The predicted molar refractivity (Wildman–Crippen MR) is 127 cm³/mol. The van der Waals surface area contributed by atoms with E-state index >= 15 is 0 Å². The summed E-state index contributed by atoms with van der Waals surface area (Å²) in [6, 6.07) is 17.9. The molecule has 0 fully saturated rings. The summed E-state index contributed by atoms with van der Waals surface area (Å²) in [6.07, 6.45) is 1.29. The van der Waals surface area contributed by atoms with Crippen LogP contribution in [-0.2, 0) is 21.4 Å². The van der Waals surface area contributed by atoms with Crippen LogP contribution in [0, 0.1) is 0 Å². The van der Waals surface area contributed by atoms with E-state index in [1.54, 1.807) is 24.3 Å². The van der Waals surface area contributed by atoms with Gasteiger partial charge >= 0.3 is 0 Å². The summed E-state index contributed by atoms with van der Waals surface area (Å²) in [5.41, 5.74) is 3.32. The molecular formula is C23H18Cl2N3O5S-. The fourth-order valence-corrected chi connectivity index (χ4v) is 4.57. The molecule has 0 saturated heterocycles. The largest absolute Gasteiger partial charge is 0.545 e. The number of nitrogens with zero attached hydrogens (tertiary/aromatic N) is 2. The SMILES string of the molecule is O=C(CN(Cc1ccccc1Cl)S(=O)(=O)c1ccc(Cl)cc1)N/N=C\c1ccc(C(=O)[O-])cc1. The second-order valence-electron chi connectivity index (χ2n) is 7.02. The van der Waals surface area contributed by atoms with Gasteiger partial charge in [0.05, 0.1) is 23.6 Å². The summed E-state index contributed by atoms with van der Waals surface area (Å²) in [4.78, 5) is 23.3. The Balaban J connectivity index is 1.77. The normalized spacial score (nSPS) is 11.6. The minimum Gasteiger partial charge on any atom is -0.545 e. The van der Waals surface area contributed by atoms with Gasteiger partial charge < -0.3 is 9.90 Å². The molecule has 3 aromatic rings. The lowest BCUT2D eigenvalue weighted by Crippen LogP contribution is -2.39. The van der Waals surface area contributed by atoms with Gasteiger partial charge in [-0.05, 0) is 47.0 Å². The number of hydrogen-bond donors (Lipinski definition) is 1. The summed E-state index contributed by atoms with van der Waals surface area (Å²) < 4.78 is 27.5. The van der Waals surface area contributed by atoms with Crippen molar-refractivity contribution >= 4 is 51.3 Å². The van der Waals surface area contributed by atoms with Gasteiger partial charge in [-0.2, -0.15) is 9.41 Å². The number of carbonyl (C=O) groups is 2. The molecule has 0 saturated carbocycles. The maximum absolute atomic E-state index is 13.2. The third-order valence-corrected chi connectivity index (χ3v) is 7.05. The Bertz CT molecular complexity index is 1310. The standard InChI is InChI=1S/C23H19Cl2N3O5S/c24-19-9-11-20(12-10-19)34(32,33)28(14-18-3-1-2-4-21(18)25)15-22(29)27-26-13-16-5-7-17(8-6-16)23(30)31/h1-13H,14-15H2,(H,27,29)(H,30,31)/p-1/b26-13-. The molecule has 0 spiro atoms. The van der Waals surface area contributed by atoms with E-state index in [0.29, 0.717) is 21.2 Å². The predicted octanol–water partition coefficient (Wildman–Crippen LogP) is 2.70. The van der Waals surface area contributed by atoms with Crippen LogP contribution in [0.1, 0.15) is 21.5 Å². The van der Waals surface area contributed by atoms with E-state index < -0.39 is 28.4 Å². The molecule has 0 unspecified atom stereocenters. The van der Waals surface area contributed by atoms with E-state index in [1.807, 2.05) is 0 Å². The molecule has 176 valence electrons. The third-order valence-electron chi connectivity index (χ3n) is 4.63. The molecule has 3 rings (SSSR count). The Morgan fingerprint density at radius 3 is 2.24 bits per heavy atom. The topological polar surface area (TPSA) is 119 Å². The van der Waals surface area contributed by atoms with E-state index in [4.69, 9.17) is 23.2 Å². The quantitative estimate of drug-likeness (QED) is 0.345. The van der Waals surface area contributed by atoms with Crippen molar-refractivity contribution in [1.82, 2.24) is 9.73 Å². The van der Waals surface area contributed by atoms with Crippen molar-refractivity contribution in [2.75, 3.05) is 6.54 Å². The smallest absolute Gasteiger partial charge is 0.255 e. The first-order valence-corrected chi connectivity index (χ1v) is 12.0. The van der Waals surface area contributed by atoms with Gasteiger partial charge in [0.2, 0.25) is 10.0 Å². The lowest BCUT2D eigenvalue weighted by atomic mass is 10.1. The van der Waals surface area contributed by atoms with Crippen LogP contribution >= 0.6 is 23.2 Å². The summed E-state index contributed by atoms with van der Waals surface area (Å²) in [7, 11) is -4.08. The maximum atomic E-state index is 13.2. The molecule has 0 heterocycles. The van der Waals surface area contributed by atoms with Crippen molar-refractivity contribution in [2.24, 2.45) is 5.10 Å². The van der Waals surface area contributed by atoms with E-state index in [0.717, 1.165) is 4.31 Å². The average molecular weight is 519 g/mol. The summed E-state index contributed by atoms with van der Waals surface area (Å²) >= 11 is 12.1.